The molecule has 14 heavy (non-hydrogen) atoms. The van der Waals surface area contributed by atoms with E-state index in [1.165, 1.54) is 13.0 Å². The predicted octanol–water partition coefficient (Wildman–Crippen LogP) is 2.29. The van der Waals surface area contributed by atoms with Crippen molar-refractivity contribution >= 4 is 22.5 Å². The number of hydrogen-bond acceptors (Lipinski definition) is 3. The van der Waals surface area contributed by atoms with E-state index in [1.54, 1.807) is 0 Å². The van der Waals surface area contributed by atoms with Crippen molar-refractivity contribution in [1.82, 2.24) is 4.98 Å². The molecule has 2 rings (SSSR count). The van der Waals surface area contributed by atoms with Gasteiger partial charge >= 0.3 is 5.63 Å². The highest BCUT2D eigenvalue weighted by molar-refractivity contribution is 6.31. The summed E-state index contributed by atoms with van der Waals surface area (Å²) in [6.07, 6.45) is 0. The SMILES string of the molecule is Cc1nc2c(F)cc(Cl)cc2c(=O)o1. The molecule has 0 unspecified atom stereocenters. The molecule has 1 aromatic heterocycles. The van der Waals surface area contributed by atoms with Crippen molar-refractivity contribution in [3.05, 3.63) is 39.3 Å². The molecule has 0 aliphatic rings. The Kier molecular flexibility index (Phi) is 2.00. The fourth-order valence-corrected chi connectivity index (χ4v) is 1.41. The van der Waals surface area contributed by atoms with Crippen LogP contribution in [-0.2, 0) is 0 Å². The Morgan fingerprint density at radius 1 is 1.50 bits per heavy atom. The van der Waals surface area contributed by atoms with Crippen LogP contribution >= 0.6 is 11.6 Å². The van der Waals surface area contributed by atoms with E-state index in [0.29, 0.717) is 0 Å². The highest BCUT2D eigenvalue weighted by atomic mass is 35.5. The van der Waals surface area contributed by atoms with Crippen LogP contribution in [0.25, 0.3) is 10.9 Å². The minimum Gasteiger partial charge on any atom is -0.408 e. The third kappa shape index (κ3) is 1.37. The number of hydrogen-bond donors (Lipinski definition) is 0. The van der Waals surface area contributed by atoms with Crippen LogP contribution in [0.1, 0.15) is 5.89 Å². The molecule has 0 fully saturated rings. The summed E-state index contributed by atoms with van der Waals surface area (Å²) in [5, 5.41) is 0.202. The van der Waals surface area contributed by atoms with Crippen molar-refractivity contribution in [1.29, 1.82) is 0 Å². The summed E-state index contributed by atoms with van der Waals surface area (Å²) < 4.78 is 18.0. The number of aromatic nitrogens is 1. The lowest BCUT2D eigenvalue weighted by Crippen LogP contribution is -2.04. The Labute approximate surface area is 83.1 Å². The first-order chi connectivity index (χ1) is 6.58. The van der Waals surface area contributed by atoms with Crippen LogP contribution in [0.3, 0.4) is 0 Å². The Morgan fingerprint density at radius 3 is 2.93 bits per heavy atom. The molecule has 1 heterocycles. The zero-order valence-corrected chi connectivity index (χ0v) is 7.93. The molecular formula is C9H5ClFNO2. The van der Waals surface area contributed by atoms with E-state index in [0.717, 1.165) is 6.07 Å². The van der Waals surface area contributed by atoms with Crippen molar-refractivity contribution in [2.24, 2.45) is 0 Å². The Hall–Kier alpha value is -1.42. The fraction of sp³-hybridized carbons (Fsp3) is 0.111. The number of aryl methyl sites for hydroxylation is 1. The average Bonchev–Trinajstić information content (AvgIpc) is 2.07. The maximum Gasteiger partial charge on any atom is 0.346 e. The lowest BCUT2D eigenvalue weighted by molar-refractivity contribution is 0.465. The number of benzene rings is 1. The first-order valence-corrected chi connectivity index (χ1v) is 4.22. The zero-order chi connectivity index (χ0) is 10.3. The zero-order valence-electron chi connectivity index (χ0n) is 7.17. The van der Waals surface area contributed by atoms with E-state index in [1.807, 2.05) is 0 Å². The number of halogens is 2. The maximum atomic E-state index is 13.3. The van der Waals surface area contributed by atoms with Gasteiger partial charge < -0.3 is 4.42 Å². The Balaban J connectivity index is 3.02. The molecule has 0 saturated heterocycles. The third-order valence-corrected chi connectivity index (χ3v) is 1.98. The summed E-state index contributed by atoms with van der Waals surface area (Å²) in [4.78, 5) is 15.0. The molecule has 0 spiro atoms. The molecule has 3 nitrogen and oxygen atoms in total. The van der Waals surface area contributed by atoms with E-state index < -0.39 is 11.4 Å². The molecule has 2 aromatic rings. The second-order valence-corrected chi connectivity index (χ2v) is 3.24. The molecular weight excluding hydrogens is 209 g/mol. The topological polar surface area (TPSA) is 43.1 Å². The average molecular weight is 214 g/mol. The standard InChI is InChI=1S/C9H5ClFNO2/c1-4-12-8-6(9(13)14-4)2-5(10)3-7(8)11/h2-3H,1H3. The Bertz CT molecular complexity index is 564. The molecule has 0 radical (unpaired) electrons. The number of nitrogens with zero attached hydrogens (tertiary/aromatic N) is 1. The van der Waals surface area contributed by atoms with Gasteiger partial charge in [-0.2, -0.15) is 0 Å². The number of rotatable bonds is 0. The van der Waals surface area contributed by atoms with Crippen molar-refractivity contribution in [2.75, 3.05) is 0 Å². The molecule has 72 valence electrons. The molecule has 0 bridgehead atoms. The van der Waals surface area contributed by atoms with Crippen LogP contribution < -0.4 is 5.63 Å². The smallest absolute Gasteiger partial charge is 0.346 e. The van der Waals surface area contributed by atoms with Gasteiger partial charge in [-0.25, -0.2) is 14.2 Å². The first kappa shape index (κ1) is 9.15. The van der Waals surface area contributed by atoms with E-state index in [4.69, 9.17) is 16.0 Å². The molecule has 0 aliphatic heterocycles. The molecule has 0 amide bonds. The quantitative estimate of drug-likeness (QED) is 0.674. The third-order valence-electron chi connectivity index (χ3n) is 1.76. The lowest BCUT2D eigenvalue weighted by atomic mass is 10.2. The molecule has 0 N–H and O–H groups in total. The molecule has 0 aliphatic carbocycles. The molecule has 5 heteroatoms. The fourth-order valence-electron chi connectivity index (χ4n) is 1.20. The van der Waals surface area contributed by atoms with E-state index in [-0.39, 0.29) is 21.8 Å². The van der Waals surface area contributed by atoms with Gasteiger partial charge in [-0.3, -0.25) is 0 Å². The van der Waals surface area contributed by atoms with Gasteiger partial charge in [-0.05, 0) is 12.1 Å². The maximum absolute atomic E-state index is 13.3. The lowest BCUT2D eigenvalue weighted by Gasteiger charge is -1.99. The van der Waals surface area contributed by atoms with E-state index in [9.17, 15) is 9.18 Å². The monoisotopic (exact) mass is 213 g/mol. The van der Waals surface area contributed by atoms with Crippen LogP contribution in [0.15, 0.2) is 21.3 Å². The predicted molar refractivity (Wildman–Crippen MR) is 50.0 cm³/mol. The number of fused-ring (bicyclic) bond motifs is 1. The minimum atomic E-state index is -0.631. The van der Waals surface area contributed by atoms with Crippen LogP contribution in [0.4, 0.5) is 4.39 Å². The van der Waals surface area contributed by atoms with Gasteiger partial charge in [-0.15, -0.1) is 0 Å². The molecule has 0 atom stereocenters. The molecule has 1 aromatic carbocycles. The molecule has 0 saturated carbocycles. The normalized spacial score (nSPS) is 10.8. The summed E-state index contributed by atoms with van der Waals surface area (Å²) in [5.74, 6) is -0.493. The summed E-state index contributed by atoms with van der Waals surface area (Å²) in [7, 11) is 0. The minimum absolute atomic E-state index is 0.0110. The highest BCUT2D eigenvalue weighted by Crippen LogP contribution is 2.18. The van der Waals surface area contributed by atoms with Crippen molar-refractivity contribution in [3.8, 4) is 0 Å². The van der Waals surface area contributed by atoms with Crippen molar-refractivity contribution in [3.63, 3.8) is 0 Å². The second-order valence-electron chi connectivity index (χ2n) is 2.80. The van der Waals surface area contributed by atoms with Gasteiger partial charge in [0.15, 0.2) is 11.7 Å². The highest BCUT2D eigenvalue weighted by Gasteiger charge is 2.09. The van der Waals surface area contributed by atoms with Gasteiger partial charge in [0.2, 0.25) is 0 Å². The Morgan fingerprint density at radius 2 is 2.21 bits per heavy atom. The van der Waals surface area contributed by atoms with Crippen LogP contribution in [0.5, 0.6) is 0 Å². The van der Waals surface area contributed by atoms with Gasteiger partial charge in [0.25, 0.3) is 0 Å². The van der Waals surface area contributed by atoms with Gasteiger partial charge in [0.1, 0.15) is 5.52 Å². The van der Waals surface area contributed by atoms with Crippen molar-refractivity contribution < 1.29 is 8.81 Å². The summed E-state index contributed by atoms with van der Waals surface area (Å²) in [6, 6.07) is 2.44. The van der Waals surface area contributed by atoms with Gasteiger partial charge in [-0.1, -0.05) is 11.6 Å². The van der Waals surface area contributed by atoms with Crippen LogP contribution in [-0.4, -0.2) is 4.98 Å². The largest absolute Gasteiger partial charge is 0.408 e. The summed E-state index contributed by atoms with van der Waals surface area (Å²) in [5.41, 5.74) is -0.642. The van der Waals surface area contributed by atoms with Crippen molar-refractivity contribution in [2.45, 2.75) is 6.92 Å². The second kappa shape index (κ2) is 3.06. The van der Waals surface area contributed by atoms with Crippen LogP contribution in [0.2, 0.25) is 5.02 Å². The van der Waals surface area contributed by atoms with Gasteiger partial charge in [0.05, 0.1) is 5.39 Å². The summed E-state index contributed by atoms with van der Waals surface area (Å²) in [6.45, 7) is 1.48. The van der Waals surface area contributed by atoms with Gasteiger partial charge in [0, 0.05) is 11.9 Å². The summed E-state index contributed by atoms with van der Waals surface area (Å²) >= 11 is 5.59. The van der Waals surface area contributed by atoms with E-state index >= 15 is 0 Å². The first-order valence-electron chi connectivity index (χ1n) is 3.84. The van der Waals surface area contributed by atoms with Crippen LogP contribution in [0, 0.1) is 12.7 Å². The van der Waals surface area contributed by atoms with E-state index in [2.05, 4.69) is 4.98 Å².